The lowest BCUT2D eigenvalue weighted by molar-refractivity contribution is 0.355. The lowest BCUT2D eigenvalue weighted by atomic mass is 9.97. The van der Waals surface area contributed by atoms with Gasteiger partial charge in [-0.3, -0.25) is 0 Å². The highest BCUT2D eigenvalue weighted by atomic mass is 16.5. The van der Waals surface area contributed by atoms with E-state index >= 15 is 0 Å². The van der Waals surface area contributed by atoms with Gasteiger partial charge in [0.05, 0.1) is 25.5 Å². The van der Waals surface area contributed by atoms with E-state index in [0.29, 0.717) is 28.2 Å². The van der Waals surface area contributed by atoms with Gasteiger partial charge < -0.3 is 18.3 Å². The number of hydrogen-bond donors (Lipinski definition) is 0. The molecular formula is C35H25NO5. The van der Waals surface area contributed by atoms with Gasteiger partial charge in [-0.2, -0.15) is 0 Å². The number of methoxy groups -OCH3 is 2. The van der Waals surface area contributed by atoms with Crippen molar-refractivity contribution in [3.8, 4) is 45.0 Å². The lowest BCUT2D eigenvalue weighted by Crippen LogP contribution is -2.06. The minimum Gasteiger partial charge on any atom is -0.493 e. The highest BCUT2D eigenvalue weighted by Crippen LogP contribution is 2.40. The van der Waals surface area contributed by atoms with E-state index < -0.39 is 0 Å². The molecule has 200 valence electrons. The summed E-state index contributed by atoms with van der Waals surface area (Å²) in [5.41, 5.74) is 8.09. The van der Waals surface area contributed by atoms with E-state index in [1.807, 2.05) is 104 Å². The molecule has 0 unspecified atom stereocenters. The molecule has 0 N–H and O–H groups in total. The number of hydrogen-bond acceptors (Lipinski definition) is 6. The second-order valence-corrected chi connectivity index (χ2v) is 9.87. The fourth-order valence-corrected chi connectivity index (χ4v) is 5.50. The highest BCUT2D eigenvalue weighted by molar-refractivity contribution is 6.08. The van der Waals surface area contributed by atoms with Crippen molar-refractivity contribution in [2.24, 2.45) is 0 Å². The molecule has 0 aliphatic rings. The summed E-state index contributed by atoms with van der Waals surface area (Å²) in [6.07, 6.45) is 0. The minimum absolute atomic E-state index is 0.353. The Morgan fingerprint density at radius 1 is 0.659 bits per heavy atom. The van der Waals surface area contributed by atoms with E-state index in [2.05, 4.69) is 0 Å². The third kappa shape index (κ3) is 4.03. The van der Waals surface area contributed by atoms with Gasteiger partial charge in [0.15, 0.2) is 17.1 Å². The maximum atomic E-state index is 12.9. The van der Waals surface area contributed by atoms with Crippen LogP contribution in [0.2, 0.25) is 0 Å². The van der Waals surface area contributed by atoms with Gasteiger partial charge in [0, 0.05) is 21.9 Å². The van der Waals surface area contributed by atoms with Gasteiger partial charge in [-0.1, -0.05) is 48.5 Å². The van der Waals surface area contributed by atoms with Crippen LogP contribution in [-0.2, 0) is 0 Å². The Morgan fingerprint density at radius 2 is 1.39 bits per heavy atom. The molecule has 0 spiro atoms. The standard InChI is InChI=1S/C35H25NO5/c1-20-25-17-23(14-15-29(25)41-35(37)32(20)21-9-5-4-6-10-21)27-19-26(22-13-16-30(38-2)31(18-22)39-3)34-33(36-27)24-11-7-8-12-28(24)40-34/h4-19H,1-3H3. The second-order valence-electron chi connectivity index (χ2n) is 9.87. The summed E-state index contributed by atoms with van der Waals surface area (Å²) >= 11 is 0. The van der Waals surface area contributed by atoms with Gasteiger partial charge in [-0.15, -0.1) is 0 Å². The Morgan fingerprint density at radius 3 is 2.20 bits per heavy atom. The molecule has 41 heavy (non-hydrogen) atoms. The Bertz CT molecular complexity index is 2160. The second kappa shape index (κ2) is 9.68. The summed E-state index contributed by atoms with van der Waals surface area (Å²) in [4.78, 5) is 18.0. The van der Waals surface area contributed by atoms with Gasteiger partial charge in [-0.25, -0.2) is 9.78 Å². The quantitative estimate of drug-likeness (QED) is 0.204. The summed E-state index contributed by atoms with van der Waals surface area (Å²) in [6, 6.07) is 31.1. The van der Waals surface area contributed by atoms with Crippen LogP contribution in [0.5, 0.6) is 11.5 Å². The van der Waals surface area contributed by atoms with Gasteiger partial charge in [-0.05, 0) is 72.1 Å². The smallest absolute Gasteiger partial charge is 0.344 e. The first-order valence-corrected chi connectivity index (χ1v) is 13.2. The molecular weight excluding hydrogens is 514 g/mol. The third-order valence-electron chi connectivity index (χ3n) is 7.55. The topological polar surface area (TPSA) is 74.7 Å². The molecule has 6 nitrogen and oxygen atoms in total. The van der Waals surface area contributed by atoms with Crippen molar-refractivity contribution in [3.63, 3.8) is 0 Å². The van der Waals surface area contributed by atoms with Crippen molar-refractivity contribution in [1.82, 2.24) is 4.98 Å². The molecule has 0 fully saturated rings. The molecule has 7 rings (SSSR count). The average Bonchev–Trinajstić information content (AvgIpc) is 3.39. The summed E-state index contributed by atoms with van der Waals surface area (Å²) < 4.78 is 23.2. The molecule has 3 heterocycles. The first-order valence-electron chi connectivity index (χ1n) is 13.2. The van der Waals surface area contributed by atoms with Crippen LogP contribution >= 0.6 is 0 Å². The number of para-hydroxylation sites is 1. The number of rotatable bonds is 5. The normalized spacial score (nSPS) is 11.4. The maximum Gasteiger partial charge on any atom is 0.344 e. The molecule has 0 aliphatic carbocycles. The van der Waals surface area contributed by atoms with Crippen molar-refractivity contribution in [3.05, 3.63) is 113 Å². The van der Waals surface area contributed by atoms with Gasteiger partial charge in [0.1, 0.15) is 16.7 Å². The predicted octanol–water partition coefficient (Wildman–Crippen LogP) is 8.41. The predicted molar refractivity (Wildman–Crippen MR) is 162 cm³/mol. The van der Waals surface area contributed by atoms with E-state index in [1.165, 1.54) is 0 Å². The molecule has 6 heteroatoms. The van der Waals surface area contributed by atoms with Gasteiger partial charge >= 0.3 is 5.63 Å². The Labute approximate surface area is 235 Å². The molecule has 0 atom stereocenters. The number of aryl methyl sites for hydroxylation is 1. The molecule has 4 aromatic carbocycles. The van der Waals surface area contributed by atoms with Crippen molar-refractivity contribution in [2.45, 2.75) is 6.92 Å². The van der Waals surface area contributed by atoms with E-state index in [9.17, 15) is 4.79 Å². The number of pyridine rings is 1. The summed E-state index contributed by atoms with van der Waals surface area (Å²) in [5, 5.41) is 1.79. The summed E-state index contributed by atoms with van der Waals surface area (Å²) in [5.74, 6) is 1.27. The number of furan rings is 1. The molecule has 7 aromatic rings. The van der Waals surface area contributed by atoms with Crippen LogP contribution in [0.1, 0.15) is 5.56 Å². The van der Waals surface area contributed by atoms with Crippen LogP contribution in [-0.4, -0.2) is 19.2 Å². The van der Waals surface area contributed by atoms with Crippen molar-refractivity contribution < 1.29 is 18.3 Å². The zero-order valence-electron chi connectivity index (χ0n) is 22.7. The zero-order valence-corrected chi connectivity index (χ0v) is 22.7. The highest BCUT2D eigenvalue weighted by Gasteiger charge is 2.19. The number of fused-ring (bicyclic) bond motifs is 4. The monoisotopic (exact) mass is 539 g/mol. The molecule has 0 saturated heterocycles. The zero-order chi connectivity index (χ0) is 28.1. The Kier molecular flexibility index (Phi) is 5.82. The number of ether oxygens (including phenoxy) is 2. The lowest BCUT2D eigenvalue weighted by Gasteiger charge is -2.12. The average molecular weight is 540 g/mol. The SMILES string of the molecule is COc1ccc(-c2cc(-c3ccc4oc(=O)c(-c5ccccc5)c(C)c4c3)nc3c2oc2ccccc23)cc1OC. The molecule has 3 aromatic heterocycles. The van der Waals surface area contributed by atoms with E-state index in [-0.39, 0.29) is 5.63 Å². The molecule has 0 radical (unpaired) electrons. The van der Waals surface area contributed by atoms with Crippen LogP contribution < -0.4 is 15.1 Å². The maximum absolute atomic E-state index is 12.9. The summed E-state index contributed by atoms with van der Waals surface area (Å²) in [7, 11) is 3.24. The van der Waals surface area contributed by atoms with E-state index in [1.54, 1.807) is 14.2 Å². The summed E-state index contributed by atoms with van der Waals surface area (Å²) in [6.45, 7) is 1.96. The fourth-order valence-electron chi connectivity index (χ4n) is 5.50. The van der Waals surface area contributed by atoms with Crippen molar-refractivity contribution in [1.29, 1.82) is 0 Å². The third-order valence-corrected chi connectivity index (χ3v) is 7.55. The minimum atomic E-state index is -0.353. The van der Waals surface area contributed by atoms with Gasteiger partial charge in [0.2, 0.25) is 0 Å². The first kappa shape index (κ1) is 24.7. The van der Waals surface area contributed by atoms with E-state index in [0.717, 1.165) is 55.4 Å². The van der Waals surface area contributed by atoms with Crippen LogP contribution in [0.3, 0.4) is 0 Å². The van der Waals surface area contributed by atoms with Crippen molar-refractivity contribution in [2.75, 3.05) is 14.2 Å². The number of nitrogens with zero attached hydrogens (tertiary/aromatic N) is 1. The van der Waals surface area contributed by atoms with Crippen LogP contribution in [0.4, 0.5) is 0 Å². The Balaban J connectivity index is 1.49. The van der Waals surface area contributed by atoms with E-state index in [4.69, 9.17) is 23.3 Å². The Hall–Kier alpha value is -5.36. The largest absolute Gasteiger partial charge is 0.493 e. The van der Waals surface area contributed by atoms with Gasteiger partial charge in [0.25, 0.3) is 0 Å². The molecule has 0 aliphatic heterocycles. The van der Waals surface area contributed by atoms with Crippen LogP contribution in [0, 0.1) is 6.92 Å². The molecule has 0 amide bonds. The van der Waals surface area contributed by atoms with Crippen molar-refractivity contribution >= 4 is 33.0 Å². The number of aromatic nitrogens is 1. The first-order chi connectivity index (χ1) is 20.1. The molecule has 0 bridgehead atoms. The van der Waals surface area contributed by atoms with Crippen LogP contribution in [0.25, 0.3) is 66.5 Å². The van der Waals surface area contributed by atoms with Crippen LogP contribution in [0.15, 0.2) is 111 Å². The fraction of sp³-hybridized carbons (Fsp3) is 0.0857. The molecule has 0 saturated carbocycles. The number of benzene rings is 4.